The monoisotopic (exact) mass is 382 g/mol. The number of allylic oxidation sites excluding steroid dienone is 1. The second-order valence-corrected chi connectivity index (χ2v) is 7.20. The van der Waals surface area contributed by atoms with Gasteiger partial charge in [0.2, 0.25) is 5.91 Å². The van der Waals surface area contributed by atoms with Gasteiger partial charge in [-0.2, -0.15) is 0 Å². The Morgan fingerprint density at radius 2 is 2.04 bits per heavy atom. The van der Waals surface area contributed by atoms with E-state index in [9.17, 15) is 4.79 Å². The minimum atomic E-state index is -0.122. The molecule has 28 heavy (non-hydrogen) atoms. The van der Waals surface area contributed by atoms with Gasteiger partial charge in [0, 0.05) is 33.2 Å². The van der Waals surface area contributed by atoms with Crippen molar-refractivity contribution in [3.8, 4) is 0 Å². The van der Waals surface area contributed by atoms with Crippen molar-refractivity contribution in [1.29, 1.82) is 0 Å². The lowest BCUT2D eigenvalue weighted by Crippen LogP contribution is -2.42. The number of amides is 1. The number of hydrogen-bond donors (Lipinski definition) is 1. The number of carbonyl (C=O) groups excluding carboxylic acids is 1. The van der Waals surface area contributed by atoms with Crippen LogP contribution in [0.5, 0.6) is 0 Å². The number of hydrogen-bond acceptors (Lipinski definition) is 5. The highest BCUT2D eigenvalue weighted by atomic mass is 16.3. The molecular formula is C22H30N4O2. The molecule has 0 bridgehead atoms. The number of likely N-dealkylation sites (N-methyl/N-ethyl adjacent to an activating group) is 2. The normalized spacial score (nSPS) is 16.6. The van der Waals surface area contributed by atoms with Crippen LogP contribution >= 0.6 is 0 Å². The van der Waals surface area contributed by atoms with Gasteiger partial charge in [0.15, 0.2) is 5.82 Å². The topological polar surface area (TPSA) is 59.4 Å². The number of aliphatic imine (C=N–C) groups is 1. The van der Waals surface area contributed by atoms with Gasteiger partial charge in [0.05, 0.1) is 12.3 Å². The zero-order valence-electron chi connectivity index (χ0n) is 17.1. The van der Waals surface area contributed by atoms with Crippen molar-refractivity contribution >= 4 is 12.1 Å². The molecule has 6 heteroatoms. The molecule has 150 valence electrons. The first-order valence-corrected chi connectivity index (χ1v) is 9.39. The summed E-state index contributed by atoms with van der Waals surface area (Å²) < 4.78 is 0. The summed E-state index contributed by atoms with van der Waals surface area (Å²) in [6, 6.07) is 8.22. The van der Waals surface area contributed by atoms with Crippen LogP contribution in [-0.2, 0) is 11.3 Å². The largest absolute Gasteiger partial charge is 0.507 e. The molecule has 0 radical (unpaired) electrons. The first-order valence-electron chi connectivity index (χ1n) is 9.39. The summed E-state index contributed by atoms with van der Waals surface area (Å²) in [5.74, 6) is 0.575. The fraction of sp³-hybridized carbons (Fsp3) is 0.409. The Morgan fingerprint density at radius 3 is 2.64 bits per heavy atom. The number of rotatable bonds is 9. The van der Waals surface area contributed by atoms with Crippen molar-refractivity contribution in [2.45, 2.75) is 25.9 Å². The summed E-state index contributed by atoms with van der Waals surface area (Å²) in [6.45, 7) is 11.9. The number of aliphatic hydroxyl groups excluding tert-OH is 1. The maximum absolute atomic E-state index is 12.8. The number of aliphatic hydroxyl groups is 1. The third-order valence-electron chi connectivity index (χ3n) is 4.94. The molecular weight excluding hydrogens is 352 g/mol. The van der Waals surface area contributed by atoms with E-state index in [0.717, 1.165) is 18.5 Å². The van der Waals surface area contributed by atoms with Gasteiger partial charge in [-0.3, -0.25) is 9.69 Å². The minimum absolute atomic E-state index is 0.101. The fourth-order valence-electron chi connectivity index (χ4n) is 3.19. The molecule has 0 saturated carbocycles. The summed E-state index contributed by atoms with van der Waals surface area (Å²) >= 11 is 0. The number of likely N-dealkylation sites (tertiary alicyclic amines) is 1. The Labute approximate surface area is 167 Å². The molecule has 0 aromatic heterocycles. The van der Waals surface area contributed by atoms with Crippen LogP contribution in [-0.4, -0.2) is 71.7 Å². The summed E-state index contributed by atoms with van der Waals surface area (Å²) in [5, 5.41) is 9.14. The number of nitrogens with zero attached hydrogens (tertiary/aromatic N) is 4. The molecule has 1 amide bonds. The maximum Gasteiger partial charge on any atom is 0.240 e. The second-order valence-electron chi connectivity index (χ2n) is 7.20. The van der Waals surface area contributed by atoms with Gasteiger partial charge < -0.3 is 14.9 Å². The van der Waals surface area contributed by atoms with E-state index in [2.05, 4.69) is 60.0 Å². The molecule has 0 aliphatic carbocycles. The molecule has 2 rings (SSSR count). The Hall–Kier alpha value is -2.82. The van der Waals surface area contributed by atoms with Crippen molar-refractivity contribution in [3.05, 3.63) is 65.9 Å². The highest BCUT2D eigenvalue weighted by Gasteiger charge is 2.34. The Morgan fingerprint density at radius 1 is 1.36 bits per heavy atom. The van der Waals surface area contributed by atoms with Crippen LogP contribution in [0, 0.1) is 6.92 Å². The highest BCUT2D eigenvalue weighted by Crippen LogP contribution is 2.19. The summed E-state index contributed by atoms with van der Waals surface area (Å²) in [5.41, 5.74) is 5.13. The summed E-state index contributed by atoms with van der Waals surface area (Å²) in [4.78, 5) is 22.8. The van der Waals surface area contributed by atoms with Crippen molar-refractivity contribution in [3.63, 3.8) is 0 Å². The lowest BCUT2D eigenvalue weighted by atomic mass is 10.1. The van der Waals surface area contributed by atoms with Gasteiger partial charge in [-0.15, -0.1) is 0 Å². The third kappa shape index (κ3) is 5.84. The van der Waals surface area contributed by atoms with E-state index >= 15 is 0 Å². The number of benzene rings is 1. The van der Waals surface area contributed by atoms with E-state index in [0.29, 0.717) is 25.5 Å². The SMILES string of the molecule is C=C=C(N=CC(=C)O)N(C)CCN(C)C1CCN(Cc2ccc(C)cc2)C1=O. The summed E-state index contributed by atoms with van der Waals surface area (Å²) in [6.07, 6.45) is 2.09. The quantitative estimate of drug-likeness (QED) is 0.405. The van der Waals surface area contributed by atoms with E-state index in [4.69, 9.17) is 5.11 Å². The Kier molecular flexibility index (Phi) is 7.61. The second kappa shape index (κ2) is 9.93. The van der Waals surface area contributed by atoms with Gasteiger partial charge in [-0.1, -0.05) is 48.7 Å². The lowest BCUT2D eigenvalue weighted by Gasteiger charge is -2.26. The van der Waals surface area contributed by atoms with E-state index in [1.54, 1.807) is 0 Å². The van der Waals surface area contributed by atoms with Crippen molar-refractivity contribution in [2.75, 3.05) is 33.7 Å². The molecule has 1 N–H and O–H groups in total. The van der Waals surface area contributed by atoms with Crippen LogP contribution in [0.3, 0.4) is 0 Å². The molecule has 1 heterocycles. The van der Waals surface area contributed by atoms with E-state index in [1.165, 1.54) is 11.8 Å². The molecule has 1 unspecified atom stereocenters. The van der Waals surface area contributed by atoms with E-state index < -0.39 is 0 Å². The van der Waals surface area contributed by atoms with Crippen molar-refractivity contribution < 1.29 is 9.90 Å². The van der Waals surface area contributed by atoms with Gasteiger partial charge in [-0.05, 0) is 26.0 Å². The molecule has 1 aliphatic heterocycles. The van der Waals surface area contributed by atoms with Crippen LogP contribution in [0.1, 0.15) is 17.5 Å². The molecule has 1 aliphatic rings. The van der Waals surface area contributed by atoms with Crippen molar-refractivity contribution in [2.24, 2.45) is 4.99 Å². The van der Waals surface area contributed by atoms with Crippen LogP contribution in [0.4, 0.5) is 0 Å². The smallest absolute Gasteiger partial charge is 0.240 e. The zero-order chi connectivity index (χ0) is 20.7. The van der Waals surface area contributed by atoms with Crippen LogP contribution in [0.15, 0.2) is 59.7 Å². The third-order valence-corrected chi connectivity index (χ3v) is 4.94. The first kappa shape index (κ1) is 21.5. The van der Waals surface area contributed by atoms with Crippen LogP contribution < -0.4 is 0 Å². The summed E-state index contributed by atoms with van der Waals surface area (Å²) in [7, 11) is 3.85. The van der Waals surface area contributed by atoms with Gasteiger partial charge >= 0.3 is 0 Å². The highest BCUT2D eigenvalue weighted by molar-refractivity contribution is 5.84. The molecule has 1 saturated heterocycles. The van der Waals surface area contributed by atoms with Crippen LogP contribution in [0.25, 0.3) is 0 Å². The standard InChI is InChI=1S/C22H30N4O2/c1-6-21(23-15-18(3)27)25(5)14-13-24(4)20-11-12-26(22(20)28)16-19-9-7-17(2)8-10-19/h7-10,15,20,27H,1,3,11-14,16H2,2,4-5H3. The minimum Gasteiger partial charge on any atom is -0.507 e. The van der Waals surface area contributed by atoms with Crippen LogP contribution in [0.2, 0.25) is 0 Å². The first-order chi connectivity index (χ1) is 13.3. The lowest BCUT2D eigenvalue weighted by molar-refractivity contribution is -0.132. The van der Waals surface area contributed by atoms with Gasteiger partial charge in [0.1, 0.15) is 5.76 Å². The molecule has 1 aromatic carbocycles. The Balaban J connectivity index is 1.88. The van der Waals surface area contributed by atoms with Gasteiger partial charge in [-0.25, -0.2) is 4.99 Å². The maximum atomic E-state index is 12.8. The number of aryl methyl sites for hydroxylation is 1. The molecule has 6 nitrogen and oxygen atoms in total. The Bertz CT molecular complexity index is 778. The van der Waals surface area contributed by atoms with Crippen molar-refractivity contribution in [1.82, 2.24) is 14.7 Å². The average molecular weight is 383 g/mol. The van der Waals surface area contributed by atoms with Gasteiger partial charge in [0.25, 0.3) is 0 Å². The van der Waals surface area contributed by atoms with E-state index in [1.807, 2.05) is 23.9 Å². The fourth-order valence-corrected chi connectivity index (χ4v) is 3.19. The number of carbonyl (C=O) groups is 1. The van der Waals surface area contributed by atoms with E-state index in [-0.39, 0.29) is 17.7 Å². The predicted molar refractivity (Wildman–Crippen MR) is 113 cm³/mol. The molecule has 0 spiro atoms. The molecule has 1 fully saturated rings. The molecule has 1 atom stereocenters. The average Bonchev–Trinajstić information content (AvgIpc) is 3.02. The predicted octanol–water partition coefficient (Wildman–Crippen LogP) is 2.73. The molecule has 1 aromatic rings. The zero-order valence-corrected chi connectivity index (χ0v) is 17.1.